The molecule has 0 aliphatic rings. The first-order chi connectivity index (χ1) is 11.9. The van der Waals surface area contributed by atoms with Gasteiger partial charge in [0.15, 0.2) is 0 Å². The highest BCUT2D eigenvalue weighted by Crippen LogP contribution is 2.24. The van der Waals surface area contributed by atoms with Gasteiger partial charge in [-0.2, -0.15) is 0 Å². The quantitative estimate of drug-likeness (QED) is 0.526. The lowest BCUT2D eigenvalue weighted by Crippen LogP contribution is -2.08. The van der Waals surface area contributed by atoms with Crippen LogP contribution < -0.4 is 5.63 Å². The van der Waals surface area contributed by atoms with Crippen LogP contribution in [0, 0.1) is 27.7 Å². The Morgan fingerprint density at radius 2 is 1.68 bits per heavy atom. The van der Waals surface area contributed by atoms with E-state index in [2.05, 4.69) is 0 Å². The van der Waals surface area contributed by atoms with E-state index >= 15 is 0 Å². The molecule has 0 radical (unpaired) electrons. The van der Waals surface area contributed by atoms with Crippen molar-refractivity contribution in [3.63, 3.8) is 0 Å². The number of aryl methyl sites for hydroxylation is 4. The highest BCUT2D eigenvalue weighted by molar-refractivity contribution is 5.90. The van der Waals surface area contributed by atoms with Crippen LogP contribution in [-0.2, 0) is 11.3 Å². The molecule has 0 fully saturated rings. The first kappa shape index (κ1) is 17.0. The van der Waals surface area contributed by atoms with E-state index in [-0.39, 0.29) is 6.61 Å². The van der Waals surface area contributed by atoms with Crippen molar-refractivity contribution < 1.29 is 13.9 Å². The Kier molecular flexibility index (Phi) is 4.45. The number of fused-ring (bicyclic) bond motifs is 1. The van der Waals surface area contributed by atoms with Crippen molar-refractivity contribution in [3.05, 3.63) is 80.2 Å². The van der Waals surface area contributed by atoms with Crippen molar-refractivity contribution >= 4 is 16.9 Å². The van der Waals surface area contributed by atoms with E-state index in [1.54, 1.807) is 6.07 Å². The fourth-order valence-electron chi connectivity index (χ4n) is 2.74. The van der Waals surface area contributed by atoms with Gasteiger partial charge in [-0.05, 0) is 62.1 Å². The summed E-state index contributed by atoms with van der Waals surface area (Å²) in [5.41, 5.74) is 5.36. The second-order valence-corrected chi connectivity index (χ2v) is 6.35. The van der Waals surface area contributed by atoms with Crippen LogP contribution in [0.15, 0.2) is 45.6 Å². The van der Waals surface area contributed by atoms with Crippen molar-refractivity contribution in [1.82, 2.24) is 0 Å². The van der Waals surface area contributed by atoms with Gasteiger partial charge in [0, 0.05) is 17.0 Å². The fraction of sp³-hybridized carbons (Fsp3) is 0.238. The average Bonchev–Trinajstić information content (AvgIpc) is 2.58. The predicted molar refractivity (Wildman–Crippen MR) is 97.0 cm³/mol. The second kappa shape index (κ2) is 6.55. The normalized spacial score (nSPS) is 10.9. The van der Waals surface area contributed by atoms with Crippen molar-refractivity contribution in [2.45, 2.75) is 34.3 Å². The van der Waals surface area contributed by atoms with E-state index in [1.165, 1.54) is 6.07 Å². The molecule has 25 heavy (non-hydrogen) atoms. The van der Waals surface area contributed by atoms with Crippen LogP contribution in [0.25, 0.3) is 11.0 Å². The van der Waals surface area contributed by atoms with E-state index in [9.17, 15) is 9.59 Å². The van der Waals surface area contributed by atoms with Crippen LogP contribution in [0.3, 0.4) is 0 Å². The molecule has 0 aliphatic carbocycles. The maximum Gasteiger partial charge on any atom is 0.338 e. The number of carbonyl (C=O) groups excluding carboxylic acids is 1. The number of benzene rings is 2. The van der Waals surface area contributed by atoms with E-state index in [0.717, 1.165) is 27.6 Å². The summed E-state index contributed by atoms with van der Waals surface area (Å²) in [4.78, 5) is 24.2. The SMILES string of the molecule is Cc1ccc(C(=O)OCc2cc(=O)oc3c(C)c(C)ccc23)cc1C. The Morgan fingerprint density at radius 1 is 0.960 bits per heavy atom. The summed E-state index contributed by atoms with van der Waals surface area (Å²) in [5.74, 6) is -0.409. The molecule has 0 aliphatic heterocycles. The van der Waals surface area contributed by atoms with E-state index in [1.807, 2.05) is 52.0 Å². The van der Waals surface area contributed by atoms with Crippen molar-refractivity contribution in [2.75, 3.05) is 0 Å². The van der Waals surface area contributed by atoms with Gasteiger partial charge >= 0.3 is 11.6 Å². The van der Waals surface area contributed by atoms with Crippen LogP contribution in [0.5, 0.6) is 0 Å². The molecule has 1 heterocycles. The maximum absolute atomic E-state index is 12.3. The predicted octanol–water partition coefficient (Wildman–Crippen LogP) is 4.38. The molecule has 3 aromatic rings. The smallest absolute Gasteiger partial charge is 0.338 e. The molecule has 3 rings (SSSR count). The average molecular weight is 336 g/mol. The molecule has 4 heteroatoms. The van der Waals surface area contributed by atoms with Gasteiger partial charge < -0.3 is 9.15 Å². The Hall–Kier alpha value is -2.88. The van der Waals surface area contributed by atoms with Gasteiger partial charge in [0.1, 0.15) is 12.2 Å². The molecule has 2 aromatic carbocycles. The summed E-state index contributed by atoms with van der Waals surface area (Å²) in [6.07, 6.45) is 0. The molecular formula is C21H20O4. The van der Waals surface area contributed by atoms with Crippen LogP contribution >= 0.6 is 0 Å². The van der Waals surface area contributed by atoms with Crippen molar-refractivity contribution in [3.8, 4) is 0 Å². The standard InChI is InChI=1S/C21H20O4/c1-12-5-7-16(9-14(12)3)21(23)24-11-17-10-19(22)25-20-15(4)13(2)6-8-18(17)20/h5-10H,11H2,1-4H3. The lowest BCUT2D eigenvalue weighted by molar-refractivity contribution is 0.0473. The third kappa shape index (κ3) is 3.33. The molecule has 0 spiro atoms. The highest BCUT2D eigenvalue weighted by Gasteiger charge is 2.13. The molecular weight excluding hydrogens is 316 g/mol. The monoisotopic (exact) mass is 336 g/mol. The molecule has 1 aromatic heterocycles. The summed E-state index contributed by atoms with van der Waals surface area (Å²) in [5, 5.41) is 0.788. The minimum atomic E-state index is -0.446. The zero-order valence-electron chi connectivity index (χ0n) is 14.8. The summed E-state index contributed by atoms with van der Waals surface area (Å²) < 4.78 is 10.8. The Labute approximate surface area is 146 Å². The number of rotatable bonds is 3. The molecule has 0 atom stereocenters. The number of carbonyl (C=O) groups is 1. The summed E-state index contributed by atoms with van der Waals surface area (Å²) in [6.45, 7) is 7.83. The van der Waals surface area contributed by atoms with Crippen molar-refractivity contribution in [1.29, 1.82) is 0 Å². The van der Waals surface area contributed by atoms with Crippen molar-refractivity contribution in [2.24, 2.45) is 0 Å². The summed E-state index contributed by atoms with van der Waals surface area (Å²) >= 11 is 0. The number of ether oxygens (including phenoxy) is 1. The van der Waals surface area contributed by atoms with E-state index in [4.69, 9.17) is 9.15 Å². The third-order valence-corrected chi connectivity index (χ3v) is 4.62. The fourth-order valence-corrected chi connectivity index (χ4v) is 2.74. The van der Waals surface area contributed by atoms with E-state index < -0.39 is 11.6 Å². The van der Waals surface area contributed by atoms with Gasteiger partial charge in [-0.15, -0.1) is 0 Å². The van der Waals surface area contributed by atoms with Gasteiger partial charge in [-0.25, -0.2) is 9.59 Å². The van der Waals surface area contributed by atoms with Gasteiger partial charge in [-0.3, -0.25) is 0 Å². The number of hydrogen-bond donors (Lipinski definition) is 0. The number of esters is 1. The van der Waals surface area contributed by atoms with Gasteiger partial charge in [0.2, 0.25) is 0 Å². The van der Waals surface area contributed by atoms with Crippen LogP contribution in [0.2, 0.25) is 0 Å². The minimum Gasteiger partial charge on any atom is -0.457 e. The van der Waals surface area contributed by atoms with E-state index in [0.29, 0.717) is 16.7 Å². The Bertz CT molecular complexity index is 1030. The minimum absolute atomic E-state index is 0.0242. The summed E-state index contributed by atoms with van der Waals surface area (Å²) in [6, 6.07) is 10.7. The zero-order valence-corrected chi connectivity index (χ0v) is 14.8. The lowest BCUT2D eigenvalue weighted by Gasteiger charge is -2.10. The molecule has 0 N–H and O–H groups in total. The molecule has 0 unspecified atom stereocenters. The van der Waals surface area contributed by atoms with Gasteiger partial charge in [0.05, 0.1) is 5.56 Å². The first-order valence-electron chi connectivity index (χ1n) is 8.14. The second-order valence-electron chi connectivity index (χ2n) is 6.35. The first-order valence-corrected chi connectivity index (χ1v) is 8.14. The maximum atomic E-state index is 12.3. The largest absolute Gasteiger partial charge is 0.457 e. The zero-order chi connectivity index (χ0) is 18.1. The molecule has 0 amide bonds. The van der Waals surface area contributed by atoms with Crippen LogP contribution in [-0.4, -0.2) is 5.97 Å². The topological polar surface area (TPSA) is 56.5 Å². The van der Waals surface area contributed by atoms with Crippen LogP contribution in [0.4, 0.5) is 0 Å². The van der Waals surface area contributed by atoms with Gasteiger partial charge in [0.25, 0.3) is 0 Å². The molecule has 0 bridgehead atoms. The highest BCUT2D eigenvalue weighted by atomic mass is 16.5. The summed E-state index contributed by atoms with van der Waals surface area (Å²) in [7, 11) is 0. The lowest BCUT2D eigenvalue weighted by atomic mass is 10.0. The van der Waals surface area contributed by atoms with Gasteiger partial charge in [-0.1, -0.05) is 18.2 Å². The molecule has 4 nitrogen and oxygen atoms in total. The number of hydrogen-bond acceptors (Lipinski definition) is 4. The Morgan fingerprint density at radius 3 is 2.40 bits per heavy atom. The third-order valence-electron chi connectivity index (χ3n) is 4.62. The molecule has 128 valence electrons. The molecule has 0 saturated carbocycles. The Balaban J connectivity index is 1.90. The molecule has 0 saturated heterocycles. The van der Waals surface area contributed by atoms with Crippen LogP contribution in [0.1, 0.15) is 38.2 Å².